The number of nitrogens with one attached hydrogen (secondary N) is 2. The Kier molecular flexibility index (Phi) is 13.3. The van der Waals surface area contributed by atoms with E-state index in [1.54, 1.807) is 32.7 Å². The van der Waals surface area contributed by atoms with Gasteiger partial charge in [-0.25, -0.2) is 4.39 Å². The summed E-state index contributed by atoms with van der Waals surface area (Å²) in [6.07, 6.45) is 0.558. The SMILES string of the molecule is CSN1C(C)=C1c1ccc(CNC(=O)C2C(F)CCN2C(=O)C(NC(=O)COCCOCCOCCN)C(C)(C)C)cc1. The Morgan fingerprint density at radius 3 is 2.28 bits per heavy atom. The highest BCUT2D eigenvalue weighted by atomic mass is 32.2. The van der Waals surface area contributed by atoms with Crippen LogP contribution in [-0.2, 0) is 35.1 Å². The fraction of sp³-hybridized carbons (Fsp3) is 0.633. The Hall–Kier alpha value is -2.71. The van der Waals surface area contributed by atoms with Gasteiger partial charge in [0.2, 0.25) is 17.7 Å². The number of nitrogens with two attached hydrogens (primary N) is 1. The molecule has 1 aromatic carbocycles. The molecular formula is C30H46FN5O6S. The van der Waals surface area contributed by atoms with Crippen molar-refractivity contribution in [2.75, 3.05) is 59.0 Å². The number of halogens is 1. The molecule has 3 amide bonds. The van der Waals surface area contributed by atoms with Crippen LogP contribution < -0.4 is 16.4 Å². The second-order valence-corrected chi connectivity index (χ2v) is 12.3. The summed E-state index contributed by atoms with van der Waals surface area (Å²) in [6.45, 7) is 9.67. The number of carbonyl (C=O) groups is 3. The summed E-state index contributed by atoms with van der Waals surface area (Å²) in [5, 5.41) is 5.52. The number of hydrogen-bond acceptors (Lipinski definition) is 9. The summed E-state index contributed by atoms with van der Waals surface area (Å²) in [5.41, 5.74) is 9.01. The maximum absolute atomic E-state index is 15.0. The molecule has 0 spiro atoms. The van der Waals surface area contributed by atoms with E-state index in [0.29, 0.717) is 26.4 Å². The Labute approximate surface area is 258 Å². The number of allylic oxidation sites excluding steroid dienone is 1. The first kappa shape index (κ1) is 34.8. The maximum Gasteiger partial charge on any atom is 0.246 e. The molecule has 2 aliphatic heterocycles. The van der Waals surface area contributed by atoms with Crippen LogP contribution in [0.5, 0.6) is 0 Å². The number of carbonyl (C=O) groups excluding carboxylic acids is 3. The van der Waals surface area contributed by atoms with Crippen LogP contribution in [-0.4, -0.2) is 104 Å². The average Bonchev–Trinajstić information content (AvgIpc) is 3.47. The van der Waals surface area contributed by atoms with Gasteiger partial charge in [-0.3, -0.25) is 18.7 Å². The van der Waals surface area contributed by atoms with Crippen molar-refractivity contribution in [2.24, 2.45) is 11.1 Å². The van der Waals surface area contributed by atoms with Gasteiger partial charge in [0.1, 0.15) is 24.9 Å². The summed E-state index contributed by atoms with van der Waals surface area (Å²) >= 11 is 1.65. The number of benzene rings is 1. The van der Waals surface area contributed by atoms with Gasteiger partial charge >= 0.3 is 0 Å². The molecule has 1 aromatic rings. The van der Waals surface area contributed by atoms with E-state index in [0.717, 1.165) is 11.1 Å². The number of rotatable bonds is 17. The monoisotopic (exact) mass is 623 g/mol. The average molecular weight is 624 g/mol. The molecule has 1 fully saturated rings. The summed E-state index contributed by atoms with van der Waals surface area (Å²) in [4.78, 5) is 40.7. The van der Waals surface area contributed by atoms with E-state index in [4.69, 9.17) is 19.9 Å². The molecule has 2 heterocycles. The zero-order valence-electron chi connectivity index (χ0n) is 25.8. The summed E-state index contributed by atoms with van der Waals surface area (Å²) < 4.78 is 33.1. The molecule has 4 N–H and O–H groups in total. The minimum absolute atomic E-state index is 0.0457. The van der Waals surface area contributed by atoms with Crippen molar-refractivity contribution in [1.82, 2.24) is 19.8 Å². The Balaban J connectivity index is 1.51. The fourth-order valence-electron chi connectivity index (χ4n) is 4.87. The predicted molar refractivity (Wildman–Crippen MR) is 164 cm³/mol. The van der Waals surface area contributed by atoms with E-state index in [9.17, 15) is 14.4 Å². The van der Waals surface area contributed by atoms with Crippen LogP contribution >= 0.6 is 11.9 Å². The van der Waals surface area contributed by atoms with Crippen LogP contribution in [0, 0.1) is 5.41 Å². The first-order chi connectivity index (χ1) is 20.5. The molecule has 0 radical (unpaired) electrons. The standard InChI is InChI=1S/C30H46FN5O6S/c1-20-25(36(20)43-5)22-8-6-21(7-9-22)18-33-28(38)26-23(31)10-12-35(26)29(39)27(30(2,3)4)34-24(37)19-42-17-16-41-15-14-40-13-11-32/h6-9,23,26-27H,10-19,32H2,1-5H3,(H,33,38)(H,34,37). The van der Waals surface area contributed by atoms with Gasteiger partial charge in [-0.1, -0.05) is 45.0 Å². The zero-order valence-corrected chi connectivity index (χ0v) is 26.6. The third kappa shape index (κ3) is 9.90. The largest absolute Gasteiger partial charge is 0.378 e. The van der Waals surface area contributed by atoms with Crippen molar-refractivity contribution in [3.05, 3.63) is 41.1 Å². The van der Waals surface area contributed by atoms with E-state index in [1.807, 2.05) is 30.5 Å². The molecule has 0 bridgehead atoms. The van der Waals surface area contributed by atoms with Crippen molar-refractivity contribution < 1.29 is 33.0 Å². The summed E-state index contributed by atoms with van der Waals surface area (Å²) in [7, 11) is 0. The van der Waals surface area contributed by atoms with Crippen LogP contribution in [0.25, 0.3) is 5.70 Å². The van der Waals surface area contributed by atoms with E-state index in [2.05, 4.69) is 21.9 Å². The Morgan fingerprint density at radius 2 is 1.70 bits per heavy atom. The molecule has 0 aliphatic carbocycles. The third-order valence-corrected chi connectivity index (χ3v) is 8.03. The van der Waals surface area contributed by atoms with Gasteiger partial charge in [0.15, 0.2) is 0 Å². The normalized spacial score (nSPS) is 19.0. The number of ether oxygens (including phenoxy) is 3. The van der Waals surface area contributed by atoms with Crippen LogP contribution in [0.1, 0.15) is 45.2 Å². The predicted octanol–water partition coefficient (Wildman–Crippen LogP) is 2.06. The van der Waals surface area contributed by atoms with Crippen LogP contribution in [0.15, 0.2) is 30.0 Å². The smallest absolute Gasteiger partial charge is 0.246 e. The Bertz CT molecular complexity index is 1130. The summed E-state index contributed by atoms with van der Waals surface area (Å²) in [6, 6.07) is 5.59. The fourth-order valence-corrected chi connectivity index (χ4v) is 5.61. The number of alkyl halides is 1. The Morgan fingerprint density at radius 1 is 1.07 bits per heavy atom. The highest BCUT2D eigenvalue weighted by molar-refractivity contribution is 7.97. The topological polar surface area (TPSA) is 135 Å². The molecule has 0 saturated carbocycles. The van der Waals surface area contributed by atoms with Gasteiger partial charge < -0.3 is 35.5 Å². The maximum atomic E-state index is 15.0. The lowest BCUT2D eigenvalue weighted by Gasteiger charge is -2.35. The second kappa shape index (κ2) is 16.4. The van der Waals surface area contributed by atoms with Crippen molar-refractivity contribution in [3.63, 3.8) is 0 Å². The minimum Gasteiger partial charge on any atom is -0.378 e. The first-order valence-corrected chi connectivity index (χ1v) is 15.8. The van der Waals surface area contributed by atoms with Gasteiger partial charge in [-0.05, 0) is 36.3 Å². The van der Waals surface area contributed by atoms with Gasteiger partial charge in [-0.2, -0.15) is 0 Å². The molecule has 43 heavy (non-hydrogen) atoms. The lowest BCUT2D eigenvalue weighted by atomic mass is 9.85. The van der Waals surface area contributed by atoms with Gasteiger partial charge in [-0.15, -0.1) is 0 Å². The van der Waals surface area contributed by atoms with E-state index >= 15 is 4.39 Å². The highest BCUT2D eigenvalue weighted by Gasteiger charge is 2.46. The molecule has 13 heteroatoms. The number of nitrogens with zero attached hydrogens (tertiary/aromatic N) is 2. The van der Waals surface area contributed by atoms with E-state index in [1.165, 1.54) is 16.3 Å². The minimum atomic E-state index is -1.51. The van der Waals surface area contributed by atoms with E-state index in [-0.39, 0.29) is 39.3 Å². The third-order valence-electron chi connectivity index (χ3n) is 7.21. The molecular weight excluding hydrogens is 577 g/mol. The van der Waals surface area contributed by atoms with Crippen LogP contribution in [0.4, 0.5) is 4.39 Å². The van der Waals surface area contributed by atoms with Crippen LogP contribution in [0.3, 0.4) is 0 Å². The molecule has 11 nitrogen and oxygen atoms in total. The highest BCUT2D eigenvalue weighted by Crippen LogP contribution is 2.44. The lowest BCUT2D eigenvalue weighted by molar-refractivity contribution is -0.145. The van der Waals surface area contributed by atoms with Crippen molar-refractivity contribution in [2.45, 2.75) is 58.9 Å². The molecule has 2 aliphatic rings. The van der Waals surface area contributed by atoms with Gasteiger partial charge in [0.05, 0.1) is 44.4 Å². The number of likely N-dealkylation sites (tertiary alicyclic amines) is 1. The number of hydrogen-bond donors (Lipinski definition) is 3. The second-order valence-electron chi connectivity index (χ2n) is 11.5. The molecule has 3 unspecified atom stereocenters. The van der Waals surface area contributed by atoms with E-state index < -0.39 is 41.4 Å². The molecule has 0 aromatic heterocycles. The molecule has 1 saturated heterocycles. The van der Waals surface area contributed by atoms with Gasteiger partial charge in [0.25, 0.3) is 0 Å². The van der Waals surface area contributed by atoms with Crippen molar-refractivity contribution in [1.29, 1.82) is 0 Å². The molecule has 240 valence electrons. The molecule has 3 rings (SSSR count). The van der Waals surface area contributed by atoms with Gasteiger partial charge in [0, 0.05) is 31.5 Å². The first-order valence-electron chi connectivity index (χ1n) is 14.6. The molecule has 3 atom stereocenters. The lowest BCUT2D eigenvalue weighted by Crippen LogP contribution is -2.59. The summed E-state index contributed by atoms with van der Waals surface area (Å²) in [5.74, 6) is -1.55. The number of amides is 3. The zero-order chi connectivity index (χ0) is 31.6. The van der Waals surface area contributed by atoms with Crippen molar-refractivity contribution in [3.8, 4) is 0 Å². The van der Waals surface area contributed by atoms with Crippen molar-refractivity contribution >= 4 is 35.4 Å². The quantitative estimate of drug-likeness (QED) is 0.176. The van der Waals surface area contributed by atoms with Crippen LogP contribution in [0.2, 0.25) is 0 Å².